The van der Waals surface area contributed by atoms with Crippen LogP contribution in [0.15, 0.2) is 60.4 Å². The molecule has 2 aliphatic rings. The first-order chi connectivity index (χ1) is 10.2. The van der Waals surface area contributed by atoms with Gasteiger partial charge in [0.15, 0.2) is 5.66 Å². The van der Waals surface area contributed by atoms with E-state index in [9.17, 15) is 0 Å². The van der Waals surface area contributed by atoms with Crippen LogP contribution in [0, 0.1) is 0 Å². The predicted molar refractivity (Wildman–Crippen MR) is 86.3 cm³/mol. The summed E-state index contributed by atoms with van der Waals surface area (Å²) >= 11 is 0. The molecule has 5 N–H and O–H groups in total. The molecular weight excluding hydrogens is 258 g/mol. The van der Waals surface area contributed by atoms with E-state index in [1.54, 1.807) is 0 Å². The van der Waals surface area contributed by atoms with E-state index in [4.69, 9.17) is 11.5 Å². The lowest BCUT2D eigenvalue weighted by Crippen LogP contribution is -2.53. The number of fused-ring (bicyclic) bond motifs is 1. The first-order valence-electron chi connectivity index (χ1n) is 7.41. The van der Waals surface area contributed by atoms with Crippen LogP contribution in [0.4, 0.5) is 0 Å². The number of hydrogen-bond acceptors (Lipinski definition) is 3. The molecule has 1 heterocycles. The molecule has 2 aromatic carbocycles. The Hall–Kier alpha value is -2.26. The molecule has 1 saturated carbocycles. The largest absolute Gasteiger partial charge is 0.399 e. The molecule has 3 nitrogen and oxygen atoms in total. The van der Waals surface area contributed by atoms with E-state index in [0.717, 1.165) is 5.56 Å². The van der Waals surface area contributed by atoms with Gasteiger partial charge >= 0.3 is 0 Å². The van der Waals surface area contributed by atoms with E-state index in [1.165, 1.54) is 29.2 Å². The minimum atomic E-state index is -0.837. The molecular formula is C18H19N3. The lowest BCUT2D eigenvalue weighted by atomic mass is 9.88. The highest BCUT2D eigenvalue weighted by molar-refractivity contribution is 5.90. The van der Waals surface area contributed by atoms with Crippen molar-refractivity contribution in [2.24, 2.45) is 11.5 Å². The van der Waals surface area contributed by atoms with Gasteiger partial charge in [-0.25, -0.2) is 0 Å². The summed E-state index contributed by atoms with van der Waals surface area (Å²) in [5.41, 5.74) is 15.0. The maximum absolute atomic E-state index is 6.58. The summed E-state index contributed by atoms with van der Waals surface area (Å²) in [5.74, 6) is 0.713. The Morgan fingerprint density at radius 3 is 2.52 bits per heavy atom. The zero-order valence-electron chi connectivity index (χ0n) is 11.8. The zero-order valence-corrected chi connectivity index (χ0v) is 11.8. The van der Waals surface area contributed by atoms with Gasteiger partial charge in [-0.05, 0) is 53.4 Å². The number of nitrogens with two attached hydrogens (primary N) is 2. The Labute approximate surface area is 124 Å². The lowest BCUT2D eigenvalue weighted by molar-refractivity contribution is 0.460. The van der Waals surface area contributed by atoms with Crippen molar-refractivity contribution in [1.29, 1.82) is 0 Å². The van der Waals surface area contributed by atoms with Crippen molar-refractivity contribution >= 4 is 10.8 Å². The summed E-state index contributed by atoms with van der Waals surface area (Å²) in [4.78, 5) is 0. The monoisotopic (exact) mass is 277 g/mol. The third-order valence-electron chi connectivity index (χ3n) is 4.54. The van der Waals surface area contributed by atoms with Crippen molar-refractivity contribution in [2.75, 3.05) is 0 Å². The number of allylic oxidation sites excluding steroid dienone is 2. The van der Waals surface area contributed by atoms with Crippen LogP contribution < -0.4 is 16.8 Å². The van der Waals surface area contributed by atoms with Crippen LogP contribution >= 0.6 is 0 Å². The summed E-state index contributed by atoms with van der Waals surface area (Å²) in [6.45, 7) is 0. The van der Waals surface area contributed by atoms with Crippen LogP contribution in [-0.4, -0.2) is 0 Å². The molecule has 21 heavy (non-hydrogen) atoms. The Morgan fingerprint density at radius 1 is 1.05 bits per heavy atom. The Morgan fingerprint density at radius 2 is 1.81 bits per heavy atom. The van der Waals surface area contributed by atoms with Gasteiger partial charge in [-0.15, -0.1) is 0 Å². The van der Waals surface area contributed by atoms with E-state index < -0.39 is 5.66 Å². The molecule has 3 heteroatoms. The first kappa shape index (κ1) is 12.5. The van der Waals surface area contributed by atoms with Gasteiger partial charge < -0.3 is 11.1 Å². The van der Waals surface area contributed by atoms with Crippen molar-refractivity contribution in [3.8, 4) is 0 Å². The van der Waals surface area contributed by atoms with Crippen molar-refractivity contribution < 1.29 is 0 Å². The van der Waals surface area contributed by atoms with E-state index in [2.05, 4.69) is 41.7 Å². The van der Waals surface area contributed by atoms with Crippen LogP contribution in [-0.2, 0) is 5.66 Å². The molecule has 0 spiro atoms. The van der Waals surface area contributed by atoms with E-state index in [0.29, 0.717) is 11.6 Å². The fourth-order valence-corrected chi connectivity index (χ4v) is 3.20. The molecule has 1 atom stereocenters. The quantitative estimate of drug-likeness (QED) is 0.791. The van der Waals surface area contributed by atoms with Gasteiger partial charge in [0.05, 0.1) is 5.70 Å². The second kappa shape index (κ2) is 4.37. The van der Waals surface area contributed by atoms with Gasteiger partial charge in [0.25, 0.3) is 0 Å². The lowest BCUT2D eigenvalue weighted by Gasteiger charge is -2.34. The molecule has 4 rings (SSSR count). The van der Waals surface area contributed by atoms with Crippen LogP contribution in [0.5, 0.6) is 0 Å². The molecule has 1 aliphatic heterocycles. The highest BCUT2D eigenvalue weighted by atomic mass is 15.1. The summed E-state index contributed by atoms with van der Waals surface area (Å²) in [6.07, 6.45) is 8.17. The van der Waals surface area contributed by atoms with Gasteiger partial charge in [0.2, 0.25) is 0 Å². The number of dihydropyridines is 1. The topological polar surface area (TPSA) is 64.1 Å². The smallest absolute Gasteiger partial charge is 0.153 e. The molecule has 1 fully saturated rings. The fourth-order valence-electron chi connectivity index (χ4n) is 3.20. The van der Waals surface area contributed by atoms with Crippen molar-refractivity contribution in [1.82, 2.24) is 5.32 Å². The van der Waals surface area contributed by atoms with E-state index in [-0.39, 0.29) is 0 Å². The molecule has 0 amide bonds. The maximum atomic E-state index is 6.58. The van der Waals surface area contributed by atoms with Crippen LogP contribution in [0.3, 0.4) is 0 Å². The minimum absolute atomic E-state index is 0.634. The van der Waals surface area contributed by atoms with Gasteiger partial charge in [-0.3, -0.25) is 5.73 Å². The predicted octanol–water partition coefficient (Wildman–Crippen LogP) is 2.79. The second-order valence-electron chi connectivity index (χ2n) is 5.96. The zero-order chi connectivity index (χ0) is 14.4. The minimum Gasteiger partial charge on any atom is -0.399 e. The Balaban J connectivity index is 1.96. The van der Waals surface area contributed by atoms with Gasteiger partial charge in [-0.1, -0.05) is 36.4 Å². The number of nitrogens with one attached hydrogen (secondary N) is 1. The van der Waals surface area contributed by atoms with Crippen LogP contribution in [0.2, 0.25) is 0 Å². The number of rotatable bonds is 2. The summed E-state index contributed by atoms with van der Waals surface area (Å²) < 4.78 is 0. The summed E-state index contributed by atoms with van der Waals surface area (Å²) in [6, 6.07) is 12.8. The molecule has 0 bridgehead atoms. The average Bonchev–Trinajstić information content (AvgIpc) is 3.34. The number of benzene rings is 2. The van der Waals surface area contributed by atoms with Gasteiger partial charge in [-0.2, -0.15) is 0 Å². The number of hydrogen-bond donors (Lipinski definition) is 3. The molecule has 1 unspecified atom stereocenters. The van der Waals surface area contributed by atoms with E-state index >= 15 is 0 Å². The SMILES string of the molecule is NC1=CC=CNC1(N)c1ccc(C2CC2)c2ccccc12. The van der Waals surface area contributed by atoms with Crippen LogP contribution in [0.25, 0.3) is 10.8 Å². The molecule has 0 saturated heterocycles. The summed E-state index contributed by atoms with van der Waals surface area (Å²) in [7, 11) is 0. The second-order valence-corrected chi connectivity index (χ2v) is 5.96. The average molecular weight is 277 g/mol. The Bertz CT molecular complexity index is 771. The standard InChI is InChI=1S/C18H19N3/c19-17-6-3-11-21-18(17,20)16-10-9-13(12-7-8-12)14-4-1-2-5-15(14)16/h1-6,9-12,21H,7-8,19-20H2. The highest BCUT2D eigenvalue weighted by Crippen LogP contribution is 2.44. The molecule has 106 valence electrons. The van der Waals surface area contributed by atoms with Crippen molar-refractivity contribution in [2.45, 2.75) is 24.4 Å². The molecule has 0 radical (unpaired) electrons. The van der Waals surface area contributed by atoms with Crippen LogP contribution in [0.1, 0.15) is 29.9 Å². The first-order valence-corrected chi connectivity index (χ1v) is 7.41. The highest BCUT2D eigenvalue weighted by Gasteiger charge is 2.33. The van der Waals surface area contributed by atoms with Gasteiger partial charge in [0.1, 0.15) is 0 Å². The van der Waals surface area contributed by atoms with E-state index in [1.807, 2.05) is 18.4 Å². The van der Waals surface area contributed by atoms with Crippen molar-refractivity contribution in [3.05, 3.63) is 71.6 Å². The van der Waals surface area contributed by atoms with Crippen molar-refractivity contribution in [3.63, 3.8) is 0 Å². The third kappa shape index (κ3) is 1.85. The fraction of sp³-hybridized carbons (Fsp3) is 0.222. The normalized spacial score (nSPS) is 24.7. The Kier molecular flexibility index (Phi) is 2.59. The molecule has 2 aromatic rings. The molecule has 1 aliphatic carbocycles. The maximum Gasteiger partial charge on any atom is 0.153 e. The molecule has 0 aromatic heterocycles. The van der Waals surface area contributed by atoms with Gasteiger partial charge in [0, 0.05) is 5.56 Å². The summed E-state index contributed by atoms with van der Waals surface area (Å²) in [5, 5.41) is 5.70. The third-order valence-corrected chi connectivity index (χ3v) is 4.54.